The number of alkyl halides is 2. The van der Waals surface area contributed by atoms with Gasteiger partial charge in [0, 0.05) is 13.2 Å². The number of rotatable bonds is 3. The first-order valence-corrected chi connectivity index (χ1v) is 3.40. The number of hydrogen-bond acceptors (Lipinski definition) is 3. The molecule has 0 aromatic carbocycles. The predicted molar refractivity (Wildman–Crippen MR) is 42.1 cm³/mol. The van der Waals surface area contributed by atoms with E-state index in [-0.39, 0.29) is 0 Å². The highest BCUT2D eigenvalue weighted by Crippen LogP contribution is 2.14. The van der Waals surface area contributed by atoms with Crippen LogP contribution in [-0.4, -0.2) is 22.8 Å². The third kappa shape index (κ3) is 2.08. The van der Waals surface area contributed by atoms with Crippen molar-refractivity contribution in [2.24, 2.45) is 7.05 Å². The van der Waals surface area contributed by atoms with Crippen molar-refractivity contribution in [2.75, 3.05) is 17.6 Å². The molecule has 0 unspecified atom stereocenters. The standard InChI is InChI=1S/C6H10F2N4/c1-12-3-4(9)6(11-12)10-2-5(7)8/h3,5H,2,9H2,1H3,(H,10,11). The molecule has 0 aliphatic carbocycles. The first-order valence-electron chi connectivity index (χ1n) is 3.40. The van der Waals surface area contributed by atoms with Gasteiger partial charge in [-0.05, 0) is 0 Å². The van der Waals surface area contributed by atoms with Gasteiger partial charge in [0.1, 0.15) is 0 Å². The molecule has 0 radical (unpaired) electrons. The SMILES string of the molecule is Cn1cc(N)c(NCC(F)F)n1. The van der Waals surface area contributed by atoms with E-state index in [0.29, 0.717) is 11.5 Å². The summed E-state index contributed by atoms with van der Waals surface area (Å²) in [5, 5.41) is 6.26. The Morgan fingerprint density at radius 1 is 1.75 bits per heavy atom. The van der Waals surface area contributed by atoms with E-state index < -0.39 is 13.0 Å². The van der Waals surface area contributed by atoms with Crippen molar-refractivity contribution in [2.45, 2.75) is 6.43 Å². The van der Waals surface area contributed by atoms with E-state index in [4.69, 9.17) is 5.73 Å². The smallest absolute Gasteiger partial charge is 0.255 e. The quantitative estimate of drug-likeness (QED) is 0.712. The minimum absolute atomic E-state index is 0.304. The Labute approximate surface area is 68.4 Å². The molecular formula is C6H10F2N4. The third-order valence-corrected chi connectivity index (χ3v) is 1.28. The zero-order valence-electron chi connectivity index (χ0n) is 6.59. The molecule has 0 bridgehead atoms. The number of aryl methyl sites for hydroxylation is 1. The summed E-state index contributed by atoms with van der Waals surface area (Å²) in [4.78, 5) is 0. The molecule has 6 heteroatoms. The lowest BCUT2D eigenvalue weighted by Crippen LogP contribution is -2.11. The van der Waals surface area contributed by atoms with Crippen LogP contribution in [0.3, 0.4) is 0 Å². The van der Waals surface area contributed by atoms with Crippen LogP contribution in [0.4, 0.5) is 20.3 Å². The predicted octanol–water partition coefficient (Wildman–Crippen LogP) is 0.679. The zero-order valence-corrected chi connectivity index (χ0v) is 6.59. The van der Waals surface area contributed by atoms with E-state index in [1.165, 1.54) is 4.68 Å². The molecule has 3 N–H and O–H groups in total. The zero-order chi connectivity index (χ0) is 9.14. The highest BCUT2D eigenvalue weighted by atomic mass is 19.3. The van der Waals surface area contributed by atoms with Gasteiger partial charge >= 0.3 is 0 Å². The molecule has 0 aliphatic heterocycles. The molecule has 0 spiro atoms. The largest absolute Gasteiger partial charge is 0.394 e. The molecule has 0 saturated carbocycles. The van der Waals surface area contributed by atoms with Crippen LogP contribution in [0.25, 0.3) is 0 Å². The second-order valence-corrected chi connectivity index (χ2v) is 2.38. The third-order valence-electron chi connectivity index (χ3n) is 1.28. The number of nitrogens with zero attached hydrogens (tertiary/aromatic N) is 2. The Kier molecular flexibility index (Phi) is 2.47. The van der Waals surface area contributed by atoms with E-state index >= 15 is 0 Å². The molecule has 68 valence electrons. The maximum atomic E-state index is 11.7. The first kappa shape index (κ1) is 8.76. The first-order chi connectivity index (χ1) is 5.59. The van der Waals surface area contributed by atoms with Crippen LogP contribution in [0, 0.1) is 0 Å². The summed E-state index contributed by atoms with van der Waals surface area (Å²) in [6, 6.07) is 0. The van der Waals surface area contributed by atoms with Gasteiger partial charge in [0.25, 0.3) is 6.43 Å². The molecule has 1 aromatic rings. The number of hydrogen-bond donors (Lipinski definition) is 2. The normalized spacial score (nSPS) is 10.7. The van der Waals surface area contributed by atoms with Crippen molar-refractivity contribution < 1.29 is 8.78 Å². The van der Waals surface area contributed by atoms with Gasteiger partial charge in [0.2, 0.25) is 0 Å². The fourth-order valence-electron chi connectivity index (χ4n) is 0.818. The fraction of sp³-hybridized carbons (Fsp3) is 0.500. The van der Waals surface area contributed by atoms with Gasteiger partial charge in [-0.25, -0.2) is 8.78 Å². The Bertz CT molecular complexity index is 258. The van der Waals surface area contributed by atoms with Gasteiger partial charge in [-0.15, -0.1) is 0 Å². The maximum absolute atomic E-state index is 11.7. The van der Waals surface area contributed by atoms with Crippen LogP contribution in [0.2, 0.25) is 0 Å². The van der Waals surface area contributed by atoms with E-state index in [1.54, 1.807) is 13.2 Å². The Morgan fingerprint density at radius 2 is 2.42 bits per heavy atom. The monoisotopic (exact) mass is 176 g/mol. The number of halogens is 2. The molecule has 1 aromatic heterocycles. The van der Waals surface area contributed by atoms with Gasteiger partial charge in [0.05, 0.1) is 12.2 Å². The summed E-state index contributed by atoms with van der Waals surface area (Å²) < 4.78 is 24.9. The Balaban J connectivity index is 2.57. The second kappa shape index (κ2) is 3.38. The van der Waals surface area contributed by atoms with Crippen LogP contribution >= 0.6 is 0 Å². The van der Waals surface area contributed by atoms with Gasteiger partial charge in [-0.3, -0.25) is 4.68 Å². The highest BCUT2D eigenvalue weighted by molar-refractivity contribution is 5.59. The average Bonchev–Trinajstić information content (AvgIpc) is 2.26. The van der Waals surface area contributed by atoms with Crippen LogP contribution in [0.5, 0.6) is 0 Å². The van der Waals surface area contributed by atoms with Crippen molar-refractivity contribution in [1.29, 1.82) is 0 Å². The molecule has 1 heterocycles. The summed E-state index contributed by atoms with van der Waals surface area (Å²) in [6.45, 7) is -0.429. The highest BCUT2D eigenvalue weighted by Gasteiger charge is 2.06. The summed E-state index contributed by atoms with van der Waals surface area (Å²) >= 11 is 0. The molecule has 12 heavy (non-hydrogen) atoms. The lowest BCUT2D eigenvalue weighted by molar-refractivity contribution is 0.163. The summed E-state index contributed by atoms with van der Waals surface area (Å²) in [6.07, 6.45) is -0.847. The molecule has 0 amide bonds. The van der Waals surface area contributed by atoms with Crippen LogP contribution in [0.15, 0.2) is 6.20 Å². The van der Waals surface area contributed by atoms with Crippen molar-refractivity contribution in [3.8, 4) is 0 Å². The molecule has 0 aliphatic rings. The van der Waals surface area contributed by atoms with E-state index in [9.17, 15) is 8.78 Å². The number of anilines is 2. The number of aromatic nitrogens is 2. The summed E-state index contributed by atoms with van der Waals surface area (Å²) in [7, 11) is 1.67. The second-order valence-electron chi connectivity index (χ2n) is 2.38. The van der Waals surface area contributed by atoms with Crippen molar-refractivity contribution in [1.82, 2.24) is 9.78 Å². The fourth-order valence-corrected chi connectivity index (χ4v) is 0.818. The van der Waals surface area contributed by atoms with Crippen molar-refractivity contribution in [3.05, 3.63) is 6.20 Å². The topological polar surface area (TPSA) is 55.9 Å². The molecule has 0 saturated heterocycles. The molecule has 0 atom stereocenters. The summed E-state index contributed by atoms with van der Waals surface area (Å²) in [5.41, 5.74) is 5.81. The lowest BCUT2D eigenvalue weighted by atomic mass is 10.5. The molecule has 0 fully saturated rings. The van der Waals surface area contributed by atoms with Gasteiger partial charge < -0.3 is 11.1 Å². The van der Waals surface area contributed by atoms with Gasteiger partial charge in [-0.2, -0.15) is 5.10 Å². The molecule has 1 rings (SSSR count). The average molecular weight is 176 g/mol. The van der Waals surface area contributed by atoms with E-state index in [1.807, 2.05) is 0 Å². The van der Waals surface area contributed by atoms with Gasteiger partial charge in [-0.1, -0.05) is 0 Å². The number of nitrogen functional groups attached to an aromatic ring is 1. The van der Waals surface area contributed by atoms with Crippen molar-refractivity contribution in [3.63, 3.8) is 0 Å². The molecular weight excluding hydrogens is 166 g/mol. The summed E-state index contributed by atoms with van der Waals surface area (Å²) in [5.74, 6) is 0.304. The number of nitrogens with two attached hydrogens (primary N) is 1. The molecule has 4 nitrogen and oxygen atoms in total. The Hall–Kier alpha value is -1.33. The van der Waals surface area contributed by atoms with E-state index in [0.717, 1.165) is 0 Å². The minimum atomic E-state index is -2.40. The van der Waals surface area contributed by atoms with Crippen molar-refractivity contribution >= 4 is 11.5 Å². The van der Waals surface area contributed by atoms with Crippen LogP contribution in [0.1, 0.15) is 0 Å². The lowest BCUT2D eigenvalue weighted by Gasteiger charge is -2.01. The minimum Gasteiger partial charge on any atom is -0.394 e. The van der Waals surface area contributed by atoms with Gasteiger partial charge in [0.15, 0.2) is 5.82 Å². The van der Waals surface area contributed by atoms with E-state index in [2.05, 4.69) is 10.4 Å². The van der Waals surface area contributed by atoms with Crippen LogP contribution < -0.4 is 11.1 Å². The Morgan fingerprint density at radius 3 is 2.83 bits per heavy atom. The van der Waals surface area contributed by atoms with Crippen LogP contribution in [-0.2, 0) is 7.05 Å². The number of nitrogens with one attached hydrogen (secondary N) is 1. The maximum Gasteiger partial charge on any atom is 0.255 e.